The maximum Gasteiger partial charge on any atom is 0.351 e. The fourth-order valence-electron chi connectivity index (χ4n) is 9.64. The summed E-state index contributed by atoms with van der Waals surface area (Å²) in [7, 11) is 2.15. The highest BCUT2D eigenvalue weighted by molar-refractivity contribution is 5.96. The Morgan fingerprint density at radius 1 is 0.552 bits per heavy atom. The molecule has 0 N–H and O–H groups in total. The van der Waals surface area contributed by atoms with Crippen LogP contribution in [0.1, 0.15) is 164 Å². The average molecular weight is 807 g/mol. The maximum atomic E-state index is 13.3. The van der Waals surface area contributed by atoms with Gasteiger partial charge in [0.15, 0.2) is 0 Å². The van der Waals surface area contributed by atoms with Gasteiger partial charge in [0.05, 0.1) is 38.6 Å². The zero-order chi connectivity index (χ0) is 42.0. The number of methoxy groups -OCH3 is 2. The summed E-state index contributed by atoms with van der Waals surface area (Å²) in [5.74, 6) is -1.44. The Balaban J connectivity index is 1.31. The fraction of sp³-hybridized carbons (Fsp3) is 0.667. The smallest absolute Gasteiger partial charge is 0.351 e. The summed E-state index contributed by atoms with van der Waals surface area (Å²) in [6.07, 6.45) is 18.2. The van der Waals surface area contributed by atoms with Crippen LogP contribution in [-0.4, -0.2) is 63.5 Å². The molecular formula is C48H70O10. The molecule has 0 aliphatic heterocycles. The molecule has 58 heavy (non-hydrogen) atoms. The normalized spacial score (nSPS) is 18.1. The van der Waals surface area contributed by atoms with E-state index in [1.807, 2.05) is 0 Å². The highest BCUT2D eigenvalue weighted by Gasteiger charge is 2.43. The third-order valence-corrected chi connectivity index (χ3v) is 13.2. The summed E-state index contributed by atoms with van der Waals surface area (Å²) in [6, 6.07) is 12.7. The van der Waals surface area contributed by atoms with Crippen LogP contribution < -0.4 is 9.47 Å². The van der Waals surface area contributed by atoms with E-state index >= 15 is 0 Å². The van der Waals surface area contributed by atoms with E-state index in [1.165, 1.54) is 114 Å². The van der Waals surface area contributed by atoms with E-state index in [0.717, 1.165) is 39.9 Å². The van der Waals surface area contributed by atoms with Gasteiger partial charge in [-0.15, -0.1) is 0 Å². The van der Waals surface area contributed by atoms with Gasteiger partial charge in [-0.05, 0) is 123 Å². The van der Waals surface area contributed by atoms with Gasteiger partial charge in [-0.25, -0.2) is 19.2 Å². The Labute approximate surface area is 347 Å². The molecule has 10 nitrogen and oxygen atoms in total. The van der Waals surface area contributed by atoms with Crippen molar-refractivity contribution in [2.75, 3.05) is 27.4 Å². The molecule has 0 radical (unpaired) electrons. The van der Waals surface area contributed by atoms with E-state index in [-0.39, 0.29) is 11.1 Å². The SMILES string of the molecule is CCCC(C)C1(CCCOc2ccc(C(=O)O[C@@H](C(=O)OC)[C@@H](OC(=O)c3ccc(OCCCC4(C(C)CCC)CCCCC4)cc3)C(=O)OC)cc2)CCCCC1. The molecule has 2 saturated carbocycles. The quantitative estimate of drug-likeness (QED) is 0.0609. The molecule has 4 atom stereocenters. The van der Waals surface area contributed by atoms with Crippen molar-refractivity contribution in [3.8, 4) is 11.5 Å². The van der Waals surface area contributed by atoms with Crippen LogP contribution in [0.5, 0.6) is 11.5 Å². The van der Waals surface area contributed by atoms with Crippen molar-refractivity contribution in [3.63, 3.8) is 0 Å². The lowest BCUT2D eigenvalue weighted by Crippen LogP contribution is -2.47. The molecule has 2 unspecified atom stereocenters. The number of ether oxygens (including phenoxy) is 6. The molecule has 4 rings (SSSR count). The lowest BCUT2D eigenvalue weighted by Gasteiger charge is -2.43. The number of benzene rings is 2. The Hall–Kier alpha value is -4.08. The molecule has 0 heterocycles. The van der Waals surface area contributed by atoms with Crippen molar-refractivity contribution in [3.05, 3.63) is 59.7 Å². The van der Waals surface area contributed by atoms with Gasteiger partial charge in [0, 0.05) is 0 Å². The molecule has 2 aliphatic carbocycles. The van der Waals surface area contributed by atoms with Crippen LogP contribution >= 0.6 is 0 Å². The summed E-state index contributed by atoms with van der Waals surface area (Å²) < 4.78 is 32.7. The average Bonchev–Trinajstić information content (AvgIpc) is 3.25. The molecule has 0 bridgehead atoms. The Morgan fingerprint density at radius 2 is 0.897 bits per heavy atom. The molecule has 0 aromatic heterocycles. The van der Waals surface area contributed by atoms with Crippen LogP contribution in [0.15, 0.2) is 48.5 Å². The van der Waals surface area contributed by atoms with Crippen molar-refractivity contribution >= 4 is 23.9 Å². The van der Waals surface area contributed by atoms with E-state index in [9.17, 15) is 19.2 Å². The van der Waals surface area contributed by atoms with E-state index in [4.69, 9.17) is 28.4 Å². The first-order valence-electron chi connectivity index (χ1n) is 22.0. The molecule has 2 aliphatic rings. The minimum Gasteiger partial charge on any atom is -0.494 e. The van der Waals surface area contributed by atoms with Crippen LogP contribution in [0, 0.1) is 22.7 Å². The Kier molecular flexibility index (Phi) is 18.9. The van der Waals surface area contributed by atoms with Crippen LogP contribution in [0.4, 0.5) is 0 Å². The Bertz CT molecular complexity index is 1440. The summed E-state index contributed by atoms with van der Waals surface area (Å²) in [5.41, 5.74) is 0.986. The van der Waals surface area contributed by atoms with Crippen molar-refractivity contribution < 1.29 is 47.6 Å². The zero-order valence-electron chi connectivity index (χ0n) is 36.2. The standard InChI is InChI=1S/C48H70O10/c1-7-17-35(3)47(27-11-9-12-28-47)31-15-33-55-39-23-19-37(20-24-39)43(49)57-41(45(51)53-5)42(46(52)54-6)58-44(50)38-21-25-40(26-22-38)56-34-16-32-48(36(4)18-8-2)29-13-10-14-30-48/h19-26,35-36,41-42H,7-18,27-34H2,1-6H3/t35?,36?,41-,42-/m1/s1. The number of carbonyl (C=O) groups is 4. The Morgan fingerprint density at radius 3 is 1.21 bits per heavy atom. The maximum absolute atomic E-state index is 13.3. The number of esters is 4. The van der Waals surface area contributed by atoms with Crippen LogP contribution in [-0.2, 0) is 28.5 Å². The zero-order valence-corrected chi connectivity index (χ0v) is 36.2. The summed E-state index contributed by atoms with van der Waals surface area (Å²) >= 11 is 0. The van der Waals surface area contributed by atoms with Crippen molar-refractivity contribution in [1.82, 2.24) is 0 Å². The fourth-order valence-corrected chi connectivity index (χ4v) is 9.64. The predicted molar refractivity (Wildman–Crippen MR) is 224 cm³/mol. The second kappa shape index (κ2) is 23.5. The minimum absolute atomic E-state index is 0.103. The van der Waals surface area contributed by atoms with E-state index < -0.39 is 36.1 Å². The highest BCUT2D eigenvalue weighted by atomic mass is 16.6. The van der Waals surface area contributed by atoms with Gasteiger partial charge in [0.1, 0.15) is 11.5 Å². The molecule has 2 aromatic rings. The lowest BCUT2D eigenvalue weighted by atomic mass is 9.63. The third kappa shape index (κ3) is 13.0. The van der Waals surface area contributed by atoms with E-state index in [2.05, 4.69) is 27.7 Å². The molecule has 0 amide bonds. The molecule has 0 saturated heterocycles. The second-order valence-corrected chi connectivity index (χ2v) is 16.9. The largest absolute Gasteiger partial charge is 0.494 e. The molecule has 322 valence electrons. The first kappa shape index (κ1) is 46.6. The first-order chi connectivity index (χ1) is 28.0. The van der Waals surface area contributed by atoms with Gasteiger partial charge in [0.25, 0.3) is 0 Å². The van der Waals surface area contributed by atoms with Crippen LogP contribution in [0.3, 0.4) is 0 Å². The van der Waals surface area contributed by atoms with Gasteiger partial charge < -0.3 is 28.4 Å². The minimum atomic E-state index is -1.93. The van der Waals surface area contributed by atoms with Gasteiger partial charge in [0.2, 0.25) is 12.2 Å². The number of rotatable bonds is 23. The number of hydrogen-bond acceptors (Lipinski definition) is 10. The van der Waals surface area contributed by atoms with Crippen molar-refractivity contribution in [1.29, 1.82) is 0 Å². The first-order valence-corrected chi connectivity index (χ1v) is 22.0. The van der Waals surface area contributed by atoms with E-state index in [0.29, 0.717) is 47.4 Å². The second-order valence-electron chi connectivity index (χ2n) is 16.9. The predicted octanol–water partition coefficient (Wildman–Crippen LogP) is 10.9. The summed E-state index contributed by atoms with van der Waals surface area (Å²) in [4.78, 5) is 52.4. The lowest BCUT2D eigenvalue weighted by molar-refractivity contribution is -0.170. The van der Waals surface area contributed by atoms with Crippen molar-refractivity contribution in [2.24, 2.45) is 22.7 Å². The monoisotopic (exact) mass is 806 g/mol. The highest BCUT2D eigenvalue weighted by Crippen LogP contribution is 2.49. The molecule has 10 heteroatoms. The third-order valence-electron chi connectivity index (χ3n) is 13.2. The van der Waals surface area contributed by atoms with Gasteiger partial charge >= 0.3 is 23.9 Å². The van der Waals surface area contributed by atoms with Crippen LogP contribution in [0.2, 0.25) is 0 Å². The molecular weight excluding hydrogens is 737 g/mol. The number of carbonyl (C=O) groups excluding carboxylic acids is 4. The topological polar surface area (TPSA) is 124 Å². The molecule has 2 aromatic carbocycles. The molecule has 0 spiro atoms. The summed E-state index contributed by atoms with van der Waals surface area (Å²) in [5, 5.41) is 0. The molecule has 2 fully saturated rings. The van der Waals surface area contributed by atoms with Crippen LogP contribution in [0.25, 0.3) is 0 Å². The van der Waals surface area contributed by atoms with Crippen molar-refractivity contribution in [2.45, 2.75) is 155 Å². The van der Waals surface area contributed by atoms with Gasteiger partial charge in [-0.1, -0.05) is 91.9 Å². The van der Waals surface area contributed by atoms with Gasteiger partial charge in [-0.3, -0.25) is 0 Å². The van der Waals surface area contributed by atoms with Gasteiger partial charge in [-0.2, -0.15) is 0 Å². The van der Waals surface area contributed by atoms with E-state index in [1.54, 1.807) is 24.3 Å². The summed E-state index contributed by atoms with van der Waals surface area (Å²) in [6.45, 7) is 10.5. The number of hydrogen-bond donors (Lipinski definition) is 0.